The lowest BCUT2D eigenvalue weighted by molar-refractivity contribution is 0.410. The maximum atomic E-state index is 11.2. The summed E-state index contributed by atoms with van der Waals surface area (Å²) in [4.78, 5) is 11.2. The smallest absolute Gasteiger partial charge is 0.338 e. The first kappa shape index (κ1) is 9.58. The summed E-state index contributed by atoms with van der Waals surface area (Å²) < 4.78 is 10.2. The van der Waals surface area contributed by atoms with Crippen LogP contribution in [-0.2, 0) is 0 Å². The highest BCUT2D eigenvalue weighted by Gasteiger charge is 2.09. The number of hydrogen-bond acceptors (Lipinski definition) is 4. The molecule has 0 aliphatic heterocycles. The first-order chi connectivity index (χ1) is 7.13. The SMILES string of the molecule is COc1ccc2c(N)cc(=O)oc2c1C. The molecule has 2 N–H and O–H groups in total. The molecule has 4 nitrogen and oxygen atoms in total. The van der Waals surface area contributed by atoms with Crippen LogP contribution >= 0.6 is 0 Å². The van der Waals surface area contributed by atoms with Crippen LogP contribution in [0, 0.1) is 6.92 Å². The van der Waals surface area contributed by atoms with Crippen LogP contribution in [0.5, 0.6) is 5.75 Å². The van der Waals surface area contributed by atoms with Crippen LogP contribution in [-0.4, -0.2) is 7.11 Å². The van der Waals surface area contributed by atoms with Crippen LogP contribution in [0.3, 0.4) is 0 Å². The summed E-state index contributed by atoms with van der Waals surface area (Å²) >= 11 is 0. The highest BCUT2D eigenvalue weighted by atomic mass is 16.5. The zero-order chi connectivity index (χ0) is 11.0. The average molecular weight is 205 g/mol. The second-order valence-electron chi connectivity index (χ2n) is 3.29. The number of methoxy groups -OCH3 is 1. The maximum absolute atomic E-state index is 11.2. The molecule has 1 aromatic heterocycles. The number of rotatable bonds is 1. The van der Waals surface area contributed by atoms with E-state index in [1.54, 1.807) is 19.2 Å². The lowest BCUT2D eigenvalue weighted by Crippen LogP contribution is -2.01. The first-order valence-corrected chi connectivity index (χ1v) is 4.50. The van der Waals surface area contributed by atoms with Crippen LogP contribution < -0.4 is 16.1 Å². The minimum Gasteiger partial charge on any atom is -0.496 e. The summed E-state index contributed by atoms with van der Waals surface area (Å²) in [5.41, 5.74) is 6.95. The Morgan fingerprint density at radius 3 is 2.80 bits per heavy atom. The van der Waals surface area contributed by atoms with E-state index in [0.29, 0.717) is 17.0 Å². The minimum atomic E-state index is -0.448. The molecule has 1 aromatic carbocycles. The van der Waals surface area contributed by atoms with E-state index in [4.69, 9.17) is 14.9 Å². The van der Waals surface area contributed by atoms with Gasteiger partial charge in [0.05, 0.1) is 7.11 Å². The van der Waals surface area contributed by atoms with Crippen molar-refractivity contribution in [1.29, 1.82) is 0 Å². The molecular weight excluding hydrogens is 194 g/mol. The predicted octanol–water partition coefficient (Wildman–Crippen LogP) is 1.69. The molecule has 2 rings (SSSR count). The molecule has 15 heavy (non-hydrogen) atoms. The number of benzene rings is 1. The highest BCUT2D eigenvalue weighted by molar-refractivity contribution is 5.91. The van der Waals surface area contributed by atoms with Crippen LogP contribution in [0.2, 0.25) is 0 Å². The Morgan fingerprint density at radius 2 is 2.13 bits per heavy atom. The van der Waals surface area contributed by atoms with Crippen molar-refractivity contribution in [1.82, 2.24) is 0 Å². The van der Waals surface area contributed by atoms with Crippen molar-refractivity contribution >= 4 is 16.7 Å². The van der Waals surface area contributed by atoms with E-state index in [1.165, 1.54) is 6.07 Å². The number of hydrogen-bond donors (Lipinski definition) is 1. The summed E-state index contributed by atoms with van der Waals surface area (Å²) in [6.07, 6.45) is 0. The molecule has 2 aromatic rings. The summed E-state index contributed by atoms with van der Waals surface area (Å²) in [5, 5.41) is 0.730. The van der Waals surface area contributed by atoms with Gasteiger partial charge in [0, 0.05) is 22.7 Å². The van der Waals surface area contributed by atoms with Gasteiger partial charge in [-0.25, -0.2) is 4.79 Å². The number of nitrogen functional groups attached to an aromatic ring is 1. The third-order valence-electron chi connectivity index (χ3n) is 2.36. The average Bonchev–Trinajstić information content (AvgIpc) is 2.19. The van der Waals surface area contributed by atoms with Crippen molar-refractivity contribution in [2.75, 3.05) is 12.8 Å². The third kappa shape index (κ3) is 1.44. The highest BCUT2D eigenvalue weighted by Crippen LogP contribution is 2.28. The Hall–Kier alpha value is -1.97. The van der Waals surface area contributed by atoms with Crippen molar-refractivity contribution in [3.05, 3.63) is 34.2 Å². The second-order valence-corrected chi connectivity index (χ2v) is 3.29. The molecule has 1 heterocycles. The molecule has 78 valence electrons. The van der Waals surface area contributed by atoms with Crippen molar-refractivity contribution in [3.63, 3.8) is 0 Å². The Kier molecular flexibility index (Phi) is 2.11. The van der Waals surface area contributed by atoms with Gasteiger partial charge in [0.2, 0.25) is 0 Å². The van der Waals surface area contributed by atoms with Gasteiger partial charge < -0.3 is 14.9 Å². The molecule has 0 amide bonds. The lowest BCUT2D eigenvalue weighted by Gasteiger charge is -2.07. The summed E-state index contributed by atoms with van der Waals surface area (Å²) in [6, 6.07) is 4.85. The Labute approximate surface area is 86.3 Å². The molecule has 0 saturated carbocycles. The number of fused-ring (bicyclic) bond motifs is 1. The predicted molar refractivity (Wildman–Crippen MR) is 58.2 cm³/mol. The third-order valence-corrected chi connectivity index (χ3v) is 2.36. The van der Waals surface area contributed by atoms with Crippen molar-refractivity contribution in [3.8, 4) is 5.75 Å². The first-order valence-electron chi connectivity index (χ1n) is 4.50. The van der Waals surface area contributed by atoms with Crippen LogP contribution in [0.4, 0.5) is 5.69 Å². The molecular formula is C11H11NO3. The van der Waals surface area contributed by atoms with Crippen LogP contribution in [0.1, 0.15) is 5.56 Å². The van der Waals surface area contributed by atoms with Crippen LogP contribution in [0.15, 0.2) is 27.4 Å². The van der Waals surface area contributed by atoms with Gasteiger partial charge in [-0.1, -0.05) is 0 Å². The van der Waals surface area contributed by atoms with E-state index in [2.05, 4.69) is 0 Å². The van der Waals surface area contributed by atoms with E-state index in [9.17, 15) is 4.79 Å². The maximum Gasteiger partial charge on any atom is 0.338 e. The van der Waals surface area contributed by atoms with Crippen molar-refractivity contribution < 1.29 is 9.15 Å². The summed E-state index contributed by atoms with van der Waals surface area (Å²) in [6.45, 7) is 1.82. The molecule has 4 heteroatoms. The molecule has 0 atom stereocenters. The fourth-order valence-corrected chi connectivity index (χ4v) is 1.59. The molecule has 0 unspecified atom stereocenters. The molecule has 0 aliphatic rings. The lowest BCUT2D eigenvalue weighted by atomic mass is 10.1. The van der Waals surface area contributed by atoms with Gasteiger partial charge in [0.1, 0.15) is 11.3 Å². The van der Waals surface area contributed by atoms with Gasteiger partial charge in [-0.05, 0) is 19.1 Å². The normalized spacial score (nSPS) is 10.5. The van der Waals surface area contributed by atoms with Gasteiger partial charge in [0.25, 0.3) is 0 Å². The van der Waals surface area contributed by atoms with E-state index in [-0.39, 0.29) is 0 Å². The second kappa shape index (κ2) is 3.31. The molecule has 0 saturated heterocycles. The Morgan fingerprint density at radius 1 is 1.40 bits per heavy atom. The van der Waals surface area contributed by atoms with Crippen molar-refractivity contribution in [2.45, 2.75) is 6.92 Å². The molecule has 0 bridgehead atoms. The van der Waals surface area contributed by atoms with E-state index in [1.807, 2.05) is 6.92 Å². The zero-order valence-electron chi connectivity index (χ0n) is 8.53. The fourth-order valence-electron chi connectivity index (χ4n) is 1.59. The monoisotopic (exact) mass is 205 g/mol. The Balaban J connectivity index is 2.92. The zero-order valence-corrected chi connectivity index (χ0v) is 8.53. The van der Waals surface area contributed by atoms with Gasteiger partial charge in [-0.3, -0.25) is 0 Å². The van der Waals surface area contributed by atoms with Gasteiger partial charge in [0.15, 0.2) is 0 Å². The van der Waals surface area contributed by atoms with E-state index < -0.39 is 5.63 Å². The number of ether oxygens (including phenoxy) is 1. The molecule has 0 radical (unpaired) electrons. The molecule has 0 fully saturated rings. The summed E-state index contributed by atoms with van der Waals surface area (Å²) in [7, 11) is 1.57. The Bertz CT molecular complexity index is 572. The quantitative estimate of drug-likeness (QED) is 0.719. The van der Waals surface area contributed by atoms with E-state index in [0.717, 1.165) is 10.9 Å². The van der Waals surface area contributed by atoms with Gasteiger partial charge >= 0.3 is 5.63 Å². The molecule has 0 spiro atoms. The van der Waals surface area contributed by atoms with Crippen LogP contribution in [0.25, 0.3) is 11.0 Å². The van der Waals surface area contributed by atoms with Gasteiger partial charge in [-0.2, -0.15) is 0 Å². The standard InChI is InChI=1S/C11H11NO3/c1-6-9(14-2)4-3-7-8(12)5-10(13)15-11(6)7/h3-5H,12H2,1-2H3. The largest absolute Gasteiger partial charge is 0.496 e. The van der Waals surface area contributed by atoms with Crippen molar-refractivity contribution in [2.24, 2.45) is 0 Å². The number of nitrogens with two attached hydrogens (primary N) is 1. The number of anilines is 1. The summed E-state index contributed by atoms with van der Waals surface area (Å²) in [5.74, 6) is 0.677. The van der Waals surface area contributed by atoms with Gasteiger partial charge in [-0.15, -0.1) is 0 Å². The topological polar surface area (TPSA) is 65.5 Å². The molecule has 0 aliphatic carbocycles. The van der Waals surface area contributed by atoms with E-state index >= 15 is 0 Å². The number of aryl methyl sites for hydroxylation is 1. The fraction of sp³-hybridized carbons (Fsp3) is 0.182. The minimum absolute atomic E-state index is 0.423.